The lowest BCUT2D eigenvalue weighted by Gasteiger charge is -2.31. The van der Waals surface area contributed by atoms with E-state index < -0.39 is 5.97 Å². The molecule has 0 aliphatic carbocycles. The van der Waals surface area contributed by atoms with E-state index in [9.17, 15) is 14.4 Å². The Balaban J connectivity index is 2.31. The summed E-state index contributed by atoms with van der Waals surface area (Å²) in [6.07, 6.45) is 2.05. The van der Waals surface area contributed by atoms with Crippen LogP contribution in [0.15, 0.2) is 0 Å². The van der Waals surface area contributed by atoms with Crippen LogP contribution in [0.25, 0.3) is 0 Å². The van der Waals surface area contributed by atoms with Crippen LogP contribution in [0.4, 0.5) is 4.79 Å². The van der Waals surface area contributed by atoms with Gasteiger partial charge in [-0.05, 0) is 19.3 Å². The van der Waals surface area contributed by atoms with Crippen LogP contribution in [0.2, 0.25) is 0 Å². The molecule has 0 aromatic heterocycles. The first kappa shape index (κ1) is 15.3. The van der Waals surface area contributed by atoms with Crippen LogP contribution in [0.3, 0.4) is 0 Å². The molecule has 0 saturated carbocycles. The van der Waals surface area contributed by atoms with Crippen LogP contribution in [0, 0.1) is 5.92 Å². The molecule has 1 aliphatic heterocycles. The van der Waals surface area contributed by atoms with Crippen molar-refractivity contribution in [2.45, 2.75) is 25.7 Å². The van der Waals surface area contributed by atoms with Crippen molar-refractivity contribution in [1.82, 2.24) is 15.5 Å². The molecule has 7 heteroatoms. The third kappa shape index (κ3) is 5.15. The van der Waals surface area contributed by atoms with E-state index in [1.807, 2.05) is 0 Å². The zero-order valence-corrected chi connectivity index (χ0v) is 11.1. The molecular weight excluding hydrogens is 250 g/mol. The zero-order valence-electron chi connectivity index (χ0n) is 11.1. The fraction of sp³-hybridized carbons (Fsp3) is 0.750. The minimum Gasteiger partial charge on any atom is -0.481 e. The molecular formula is C12H21N3O4. The Hall–Kier alpha value is -1.79. The van der Waals surface area contributed by atoms with Gasteiger partial charge in [0.2, 0.25) is 5.91 Å². The number of nitrogens with one attached hydrogen (secondary N) is 2. The molecule has 108 valence electrons. The Morgan fingerprint density at radius 1 is 1.37 bits per heavy atom. The normalized spacial score (nSPS) is 18.8. The van der Waals surface area contributed by atoms with Gasteiger partial charge in [0.25, 0.3) is 0 Å². The summed E-state index contributed by atoms with van der Waals surface area (Å²) in [6, 6.07) is -0.223. The average Bonchev–Trinajstić information content (AvgIpc) is 2.42. The second kappa shape index (κ2) is 7.60. The van der Waals surface area contributed by atoms with Crippen molar-refractivity contribution >= 4 is 17.9 Å². The predicted molar refractivity (Wildman–Crippen MR) is 68.6 cm³/mol. The van der Waals surface area contributed by atoms with Gasteiger partial charge < -0.3 is 20.6 Å². The average molecular weight is 271 g/mol. The van der Waals surface area contributed by atoms with Gasteiger partial charge in [-0.1, -0.05) is 0 Å². The highest BCUT2D eigenvalue weighted by Crippen LogP contribution is 2.16. The van der Waals surface area contributed by atoms with Gasteiger partial charge in [0.15, 0.2) is 0 Å². The van der Waals surface area contributed by atoms with Gasteiger partial charge in [0, 0.05) is 33.1 Å². The van der Waals surface area contributed by atoms with Crippen molar-refractivity contribution in [3.63, 3.8) is 0 Å². The summed E-state index contributed by atoms with van der Waals surface area (Å²) < 4.78 is 0. The molecule has 1 rings (SSSR count). The second-order valence-corrected chi connectivity index (χ2v) is 4.63. The first-order valence-corrected chi connectivity index (χ1v) is 6.50. The van der Waals surface area contributed by atoms with E-state index in [1.54, 1.807) is 11.9 Å². The summed E-state index contributed by atoms with van der Waals surface area (Å²) >= 11 is 0. The van der Waals surface area contributed by atoms with Gasteiger partial charge >= 0.3 is 12.0 Å². The summed E-state index contributed by atoms with van der Waals surface area (Å²) in [5.74, 6) is -1.06. The van der Waals surface area contributed by atoms with Gasteiger partial charge in [-0.3, -0.25) is 9.59 Å². The smallest absolute Gasteiger partial charge is 0.317 e. The Kier molecular flexibility index (Phi) is 6.11. The lowest BCUT2D eigenvalue weighted by molar-refractivity contribution is -0.137. The number of hydrogen-bond acceptors (Lipinski definition) is 3. The zero-order chi connectivity index (χ0) is 14.3. The summed E-state index contributed by atoms with van der Waals surface area (Å²) in [6.45, 7) is 1.40. The van der Waals surface area contributed by atoms with Crippen LogP contribution in [-0.2, 0) is 9.59 Å². The van der Waals surface area contributed by atoms with Crippen LogP contribution in [0.1, 0.15) is 25.7 Å². The minimum absolute atomic E-state index is 0.0385. The lowest BCUT2D eigenvalue weighted by Crippen LogP contribution is -2.48. The highest BCUT2D eigenvalue weighted by atomic mass is 16.4. The van der Waals surface area contributed by atoms with E-state index in [0.29, 0.717) is 26.1 Å². The molecule has 1 unspecified atom stereocenters. The van der Waals surface area contributed by atoms with Crippen molar-refractivity contribution in [3.8, 4) is 0 Å². The van der Waals surface area contributed by atoms with Crippen LogP contribution < -0.4 is 10.6 Å². The van der Waals surface area contributed by atoms with Crippen LogP contribution in [0.5, 0.6) is 0 Å². The van der Waals surface area contributed by atoms with Crippen molar-refractivity contribution in [1.29, 1.82) is 0 Å². The van der Waals surface area contributed by atoms with Gasteiger partial charge in [-0.15, -0.1) is 0 Å². The number of aliphatic carboxylic acids is 1. The number of hydrogen-bond donors (Lipinski definition) is 3. The standard InChI is InChI=1S/C12H21N3O4/c1-13-11(18)9-4-3-7-15(8-9)12(19)14-6-2-5-10(16)17/h9H,2-8H2,1H3,(H,13,18)(H,14,19)(H,16,17). The Labute approximate surface area is 112 Å². The highest BCUT2D eigenvalue weighted by Gasteiger charge is 2.27. The third-order valence-corrected chi connectivity index (χ3v) is 3.17. The van der Waals surface area contributed by atoms with Crippen molar-refractivity contribution in [2.24, 2.45) is 5.92 Å². The molecule has 1 fully saturated rings. The molecule has 7 nitrogen and oxygen atoms in total. The largest absolute Gasteiger partial charge is 0.481 e. The molecule has 1 saturated heterocycles. The molecule has 1 aliphatic rings. The molecule has 1 atom stereocenters. The number of carboxylic acids is 1. The molecule has 1 heterocycles. The maximum Gasteiger partial charge on any atom is 0.317 e. The summed E-state index contributed by atoms with van der Waals surface area (Å²) in [5.41, 5.74) is 0. The SMILES string of the molecule is CNC(=O)C1CCCN(C(=O)NCCCC(=O)O)C1. The second-order valence-electron chi connectivity index (χ2n) is 4.63. The Morgan fingerprint density at radius 3 is 2.74 bits per heavy atom. The third-order valence-electron chi connectivity index (χ3n) is 3.17. The van der Waals surface area contributed by atoms with E-state index in [1.165, 1.54) is 0 Å². The van der Waals surface area contributed by atoms with Gasteiger partial charge in [-0.25, -0.2) is 4.79 Å². The molecule has 0 radical (unpaired) electrons. The lowest BCUT2D eigenvalue weighted by atomic mass is 9.97. The molecule has 0 aromatic rings. The van der Waals surface area contributed by atoms with E-state index in [-0.39, 0.29) is 24.3 Å². The molecule has 19 heavy (non-hydrogen) atoms. The number of carbonyl (C=O) groups excluding carboxylic acids is 2. The quantitative estimate of drug-likeness (QED) is 0.614. The molecule has 0 spiro atoms. The maximum absolute atomic E-state index is 11.8. The monoisotopic (exact) mass is 271 g/mol. The van der Waals surface area contributed by atoms with E-state index in [2.05, 4.69) is 10.6 Å². The summed E-state index contributed by atoms with van der Waals surface area (Å²) in [4.78, 5) is 35.3. The fourth-order valence-corrected chi connectivity index (χ4v) is 2.13. The number of likely N-dealkylation sites (tertiary alicyclic amines) is 1. The van der Waals surface area contributed by atoms with Crippen LogP contribution in [-0.4, -0.2) is 54.6 Å². The molecule has 0 aromatic carbocycles. The number of piperidine rings is 1. The number of carbonyl (C=O) groups is 3. The summed E-state index contributed by atoms with van der Waals surface area (Å²) in [7, 11) is 1.59. The first-order chi connectivity index (χ1) is 9.04. The van der Waals surface area contributed by atoms with Gasteiger partial charge in [0.1, 0.15) is 0 Å². The predicted octanol–water partition coefficient (Wildman–Crippen LogP) is 0.0188. The van der Waals surface area contributed by atoms with Gasteiger partial charge in [-0.2, -0.15) is 0 Å². The highest BCUT2D eigenvalue weighted by molar-refractivity contribution is 5.80. The number of nitrogens with zero attached hydrogens (tertiary/aromatic N) is 1. The maximum atomic E-state index is 11.8. The topological polar surface area (TPSA) is 98.7 Å². The molecule has 0 bridgehead atoms. The van der Waals surface area contributed by atoms with Crippen molar-refractivity contribution in [3.05, 3.63) is 0 Å². The minimum atomic E-state index is -0.869. The Morgan fingerprint density at radius 2 is 2.11 bits per heavy atom. The first-order valence-electron chi connectivity index (χ1n) is 6.50. The van der Waals surface area contributed by atoms with E-state index in [0.717, 1.165) is 12.8 Å². The van der Waals surface area contributed by atoms with Crippen LogP contribution >= 0.6 is 0 Å². The van der Waals surface area contributed by atoms with Gasteiger partial charge in [0.05, 0.1) is 5.92 Å². The van der Waals surface area contributed by atoms with E-state index in [4.69, 9.17) is 5.11 Å². The summed E-state index contributed by atoms with van der Waals surface area (Å²) in [5, 5.41) is 13.8. The number of carboxylic acid groups (broad SMARTS) is 1. The van der Waals surface area contributed by atoms with E-state index >= 15 is 0 Å². The fourth-order valence-electron chi connectivity index (χ4n) is 2.13. The molecule has 3 N–H and O–H groups in total. The Bertz CT molecular complexity index is 346. The number of urea groups is 1. The number of rotatable bonds is 5. The molecule has 3 amide bonds. The van der Waals surface area contributed by atoms with Crippen molar-refractivity contribution < 1.29 is 19.5 Å². The number of amides is 3. The van der Waals surface area contributed by atoms with Crippen molar-refractivity contribution in [2.75, 3.05) is 26.7 Å².